The summed E-state index contributed by atoms with van der Waals surface area (Å²) in [6.45, 7) is 0. The van der Waals surface area contributed by atoms with E-state index in [1.165, 1.54) is 19.3 Å². The third-order valence-electron chi connectivity index (χ3n) is 3.28. The molecule has 0 saturated heterocycles. The first-order valence-corrected chi connectivity index (χ1v) is 6.23. The van der Waals surface area contributed by atoms with Gasteiger partial charge in [-0.15, -0.1) is 0 Å². The van der Waals surface area contributed by atoms with Crippen molar-refractivity contribution in [1.29, 1.82) is 0 Å². The molecular weight excluding hydrogens is 256 g/mol. The number of carbonyl (C=O) groups excluding carboxylic acids is 1. The summed E-state index contributed by atoms with van der Waals surface area (Å²) in [5.41, 5.74) is 0.998. The van der Waals surface area contributed by atoms with Crippen LogP contribution in [0.2, 0.25) is 0 Å². The quantitative estimate of drug-likeness (QED) is 0.784. The lowest BCUT2D eigenvalue weighted by Gasteiger charge is -2.31. The second-order valence-corrected chi connectivity index (χ2v) is 5.26. The van der Waals surface area contributed by atoms with Gasteiger partial charge in [-0.3, -0.25) is 0 Å². The highest BCUT2D eigenvalue weighted by Crippen LogP contribution is 2.37. The van der Waals surface area contributed by atoms with E-state index in [1.54, 1.807) is 6.26 Å². The molecule has 0 N–H and O–H groups in total. The lowest BCUT2D eigenvalue weighted by Crippen LogP contribution is -2.28. The summed E-state index contributed by atoms with van der Waals surface area (Å²) in [4.78, 5) is 11.3. The van der Waals surface area contributed by atoms with Crippen LogP contribution in [0.3, 0.4) is 0 Å². The Bertz CT molecular complexity index is 337. The van der Waals surface area contributed by atoms with Gasteiger partial charge in [0.15, 0.2) is 4.67 Å². The van der Waals surface area contributed by atoms with Gasteiger partial charge in [0.1, 0.15) is 6.29 Å². The van der Waals surface area contributed by atoms with E-state index in [0.29, 0.717) is 0 Å². The lowest BCUT2D eigenvalue weighted by molar-refractivity contribution is -0.117. The predicted molar refractivity (Wildman–Crippen MR) is 61.7 cm³/mol. The molecule has 1 aliphatic rings. The molecule has 1 saturated carbocycles. The van der Waals surface area contributed by atoms with Crippen molar-refractivity contribution in [1.82, 2.24) is 0 Å². The van der Waals surface area contributed by atoms with Gasteiger partial charge in [-0.25, -0.2) is 0 Å². The maximum Gasteiger partial charge on any atom is 0.169 e. The van der Waals surface area contributed by atoms with Gasteiger partial charge < -0.3 is 9.21 Å². The highest BCUT2D eigenvalue weighted by atomic mass is 79.9. The maximum absolute atomic E-state index is 11.3. The van der Waals surface area contributed by atoms with Crippen LogP contribution in [0, 0.1) is 5.41 Å². The zero-order chi connectivity index (χ0) is 10.7. The van der Waals surface area contributed by atoms with Gasteiger partial charge in [0, 0.05) is 5.41 Å². The predicted octanol–water partition coefficient (Wildman–Crippen LogP) is 3.73. The average Bonchev–Trinajstić information content (AvgIpc) is 2.65. The minimum absolute atomic E-state index is 0.123. The van der Waals surface area contributed by atoms with Crippen molar-refractivity contribution in [3.8, 4) is 0 Å². The summed E-state index contributed by atoms with van der Waals surface area (Å²) < 4.78 is 5.94. The molecule has 1 aromatic rings. The summed E-state index contributed by atoms with van der Waals surface area (Å²) >= 11 is 3.28. The Labute approximate surface area is 98.2 Å². The minimum atomic E-state index is -0.123. The van der Waals surface area contributed by atoms with Crippen LogP contribution in [-0.2, 0) is 11.2 Å². The van der Waals surface area contributed by atoms with Crippen LogP contribution in [0.1, 0.15) is 37.7 Å². The maximum atomic E-state index is 11.3. The number of furan rings is 1. The van der Waals surface area contributed by atoms with Crippen LogP contribution in [0.15, 0.2) is 21.4 Å². The van der Waals surface area contributed by atoms with Gasteiger partial charge in [0.2, 0.25) is 0 Å². The average molecular weight is 271 g/mol. The topological polar surface area (TPSA) is 30.2 Å². The molecule has 2 nitrogen and oxygen atoms in total. The van der Waals surface area contributed by atoms with Gasteiger partial charge >= 0.3 is 0 Å². The molecule has 0 aliphatic heterocycles. The molecular formula is C12H15BrO2. The molecule has 1 heterocycles. The molecule has 15 heavy (non-hydrogen) atoms. The third kappa shape index (κ3) is 2.51. The largest absolute Gasteiger partial charge is 0.457 e. The summed E-state index contributed by atoms with van der Waals surface area (Å²) in [6.07, 6.45) is 9.40. The summed E-state index contributed by atoms with van der Waals surface area (Å²) in [7, 11) is 0. The third-order valence-corrected chi connectivity index (χ3v) is 3.69. The second kappa shape index (κ2) is 4.52. The Morgan fingerprint density at radius 2 is 2.13 bits per heavy atom. The van der Waals surface area contributed by atoms with Gasteiger partial charge in [-0.05, 0) is 46.8 Å². The molecule has 0 atom stereocenters. The number of hydrogen-bond donors (Lipinski definition) is 0. The van der Waals surface area contributed by atoms with Crippen LogP contribution >= 0.6 is 15.9 Å². The molecule has 2 rings (SSSR count). The first-order chi connectivity index (χ1) is 7.24. The molecule has 1 aliphatic carbocycles. The molecule has 0 bridgehead atoms. The fourth-order valence-electron chi connectivity index (χ4n) is 2.44. The zero-order valence-corrected chi connectivity index (χ0v) is 10.3. The Morgan fingerprint density at radius 1 is 1.40 bits per heavy atom. The van der Waals surface area contributed by atoms with Gasteiger partial charge in [0.25, 0.3) is 0 Å². The number of rotatable bonds is 3. The first-order valence-electron chi connectivity index (χ1n) is 5.43. The van der Waals surface area contributed by atoms with E-state index in [-0.39, 0.29) is 5.41 Å². The van der Waals surface area contributed by atoms with Gasteiger partial charge in [-0.1, -0.05) is 19.3 Å². The van der Waals surface area contributed by atoms with Crippen molar-refractivity contribution in [2.24, 2.45) is 5.41 Å². The Hall–Kier alpha value is -0.570. The first kappa shape index (κ1) is 10.9. The molecule has 0 spiro atoms. The highest BCUT2D eigenvalue weighted by molar-refractivity contribution is 9.10. The van der Waals surface area contributed by atoms with E-state index in [2.05, 4.69) is 15.9 Å². The smallest absolute Gasteiger partial charge is 0.169 e. The molecule has 1 fully saturated rings. The Kier molecular flexibility index (Phi) is 3.29. The molecule has 0 amide bonds. The fourth-order valence-corrected chi connectivity index (χ4v) is 2.82. The van der Waals surface area contributed by atoms with Crippen LogP contribution in [0.4, 0.5) is 0 Å². The second-order valence-electron chi connectivity index (χ2n) is 4.48. The summed E-state index contributed by atoms with van der Waals surface area (Å²) in [6, 6.07) is 1.96. The normalized spacial score (nSPS) is 20.1. The van der Waals surface area contributed by atoms with Crippen LogP contribution in [0.25, 0.3) is 0 Å². The van der Waals surface area contributed by atoms with E-state index in [4.69, 9.17) is 4.42 Å². The van der Waals surface area contributed by atoms with E-state index in [9.17, 15) is 4.79 Å². The van der Waals surface area contributed by atoms with E-state index in [0.717, 1.165) is 35.8 Å². The van der Waals surface area contributed by atoms with Crippen molar-refractivity contribution in [3.05, 3.63) is 22.6 Å². The van der Waals surface area contributed by atoms with Crippen molar-refractivity contribution in [3.63, 3.8) is 0 Å². The van der Waals surface area contributed by atoms with Crippen molar-refractivity contribution >= 4 is 22.2 Å². The molecule has 0 aromatic carbocycles. The number of aldehydes is 1. The number of carbonyl (C=O) groups is 1. The molecule has 1 aromatic heterocycles. The van der Waals surface area contributed by atoms with Gasteiger partial charge in [-0.2, -0.15) is 0 Å². The van der Waals surface area contributed by atoms with E-state index in [1.807, 2.05) is 6.07 Å². The van der Waals surface area contributed by atoms with Crippen LogP contribution in [0.5, 0.6) is 0 Å². The highest BCUT2D eigenvalue weighted by Gasteiger charge is 2.32. The molecule has 3 heteroatoms. The summed E-state index contributed by atoms with van der Waals surface area (Å²) in [5, 5.41) is 0. The zero-order valence-electron chi connectivity index (χ0n) is 8.67. The minimum Gasteiger partial charge on any atom is -0.457 e. The van der Waals surface area contributed by atoms with Crippen LogP contribution < -0.4 is 0 Å². The monoisotopic (exact) mass is 270 g/mol. The van der Waals surface area contributed by atoms with Gasteiger partial charge in [0.05, 0.1) is 6.26 Å². The number of hydrogen-bond acceptors (Lipinski definition) is 2. The SMILES string of the molecule is O=CC1(Cc2coc(Br)c2)CCCCC1. The van der Waals surface area contributed by atoms with Crippen molar-refractivity contribution in [2.75, 3.05) is 0 Å². The van der Waals surface area contributed by atoms with E-state index >= 15 is 0 Å². The van der Waals surface area contributed by atoms with Crippen LogP contribution in [-0.4, -0.2) is 6.29 Å². The fraction of sp³-hybridized carbons (Fsp3) is 0.583. The number of halogens is 1. The lowest BCUT2D eigenvalue weighted by atomic mass is 9.72. The molecule has 82 valence electrons. The standard InChI is InChI=1S/C12H15BrO2/c13-11-6-10(8-15-11)7-12(9-14)4-2-1-3-5-12/h6,8-9H,1-5,7H2. The Balaban J connectivity index is 2.10. The summed E-state index contributed by atoms with van der Waals surface area (Å²) in [5.74, 6) is 0. The van der Waals surface area contributed by atoms with Crippen molar-refractivity contribution < 1.29 is 9.21 Å². The molecule has 0 unspecified atom stereocenters. The van der Waals surface area contributed by atoms with Crippen molar-refractivity contribution in [2.45, 2.75) is 38.5 Å². The molecule has 0 radical (unpaired) electrons. The Morgan fingerprint density at radius 3 is 2.67 bits per heavy atom. The van der Waals surface area contributed by atoms with E-state index < -0.39 is 0 Å².